The maximum atomic E-state index is 5.34. The van der Waals surface area contributed by atoms with Gasteiger partial charge in [0.2, 0.25) is 0 Å². The van der Waals surface area contributed by atoms with Crippen molar-refractivity contribution in [1.29, 1.82) is 0 Å². The second-order valence-corrected chi connectivity index (χ2v) is 5.29. The van der Waals surface area contributed by atoms with E-state index in [0.29, 0.717) is 0 Å². The van der Waals surface area contributed by atoms with Gasteiger partial charge in [0.05, 0.1) is 0 Å². The van der Waals surface area contributed by atoms with E-state index in [1.165, 1.54) is 18.4 Å². The van der Waals surface area contributed by atoms with Gasteiger partial charge in [-0.05, 0) is 18.4 Å². The van der Waals surface area contributed by atoms with Crippen LogP contribution < -0.4 is 0 Å². The molecule has 1 heterocycles. The zero-order chi connectivity index (χ0) is 11.1. The van der Waals surface area contributed by atoms with Crippen LogP contribution in [0.3, 0.4) is 0 Å². The molecule has 86 valence electrons. The van der Waals surface area contributed by atoms with E-state index in [1.54, 1.807) is 0 Å². The molecule has 0 saturated carbocycles. The summed E-state index contributed by atoms with van der Waals surface area (Å²) in [5.74, 6) is 1.11. The molecule has 0 unspecified atom stereocenters. The predicted octanol–water partition coefficient (Wildman–Crippen LogP) is 3.61. The molecule has 0 aromatic heterocycles. The predicted molar refractivity (Wildman–Crippen MR) is 71.8 cm³/mol. The fourth-order valence-electron chi connectivity index (χ4n) is 1.78. The first-order chi connectivity index (χ1) is 7.95. The van der Waals surface area contributed by atoms with Crippen molar-refractivity contribution in [1.82, 2.24) is 0 Å². The Morgan fingerprint density at radius 1 is 1.19 bits per heavy atom. The van der Waals surface area contributed by atoms with Gasteiger partial charge in [-0.25, -0.2) is 0 Å². The summed E-state index contributed by atoms with van der Waals surface area (Å²) < 4.78 is 5.34. The smallest absolute Gasteiger partial charge is 0.0476 e. The number of hydrogen-bond donors (Lipinski definition) is 0. The van der Waals surface area contributed by atoms with Crippen LogP contribution in [0, 0.1) is 0 Å². The Bertz CT molecular complexity index is 315. The molecule has 1 aromatic rings. The second kappa shape index (κ2) is 6.77. The lowest BCUT2D eigenvalue weighted by Crippen LogP contribution is -2.17. The summed E-state index contributed by atoms with van der Waals surface area (Å²) in [6, 6.07) is 10.5. The molecule has 0 spiro atoms. The Morgan fingerprint density at radius 3 is 2.69 bits per heavy atom. The van der Waals surface area contributed by atoms with E-state index in [2.05, 4.69) is 36.4 Å². The average molecular weight is 234 g/mol. The summed E-state index contributed by atoms with van der Waals surface area (Å²) in [6.45, 7) is 1.89. The van der Waals surface area contributed by atoms with Gasteiger partial charge >= 0.3 is 0 Å². The Balaban J connectivity index is 1.69. The highest BCUT2D eigenvalue weighted by Crippen LogP contribution is 2.22. The van der Waals surface area contributed by atoms with Crippen molar-refractivity contribution < 1.29 is 4.74 Å². The standard InChI is InChI=1S/C14H18OS/c1-2-5-13(6-3-1)7-4-12-16-14-8-10-15-11-9-14/h1-7,14H,8-12H2/b7-4+. The van der Waals surface area contributed by atoms with Crippen molar-refractivity contribution in [2.45, 2.75) is 18.1 Å². The molecular weight excluding hydrogens is 216 g/mol. The molecule has 1 nitrogen and oxygen atoms in total. The highest BCUT2D eigenvalue weighted by atomic mass is 32.2. The third kappa shape index (κ3) is 4.03. The van der Waals surface area contributed by atoms with Crippen molar-refractivity contribution in [2.75, 3.05) is 19.0 Å². The third-order valence-electron chi connectivity index (χ3n) is 2.71. The fraction of sp³-hybridized carbons (Fsp3) is 0.429. The van der Waals surface area contributed by atoms with Gasteiger partial charge in [-0.15, -0.1) is 0 Å². The quantitative estimate of drug-likeness (QED) is 0.787. The number of ether oxygens (including phenoxy) is 1. The van der Waals surface area contributed by atoms with Crippen molar-refractivity contribution >= 4 is 17.8 Å². The Morgan fingerprint density at radius 2 is 1.94 bits per heavy atom. The topological polar surface area (TPSA) is 9.23 Å². The maximum Gasteiger partial charge on any atom is 0.0476 e. The maximum absolute atomic E-state index is 5.34. The second-order valence-electron chi connectivity index (χ2n) is 3.96. The SMILES string of the molecule is C(=C\c1ccccc1)/CSC1CCOCC1. The van der Waals surface area contributed by atoms with Crippen LogP contribution >= 0.6 is 11.8 Å². The highest BCUT2D eigenvalue weighted by molar-refractivity contribution is 8.00. The normalized spacial score (nSPS) is 18.0. The van der Waals surface area contributed by atoms with E-state index < -0.39 is 0 Å². The molecule has 1 aliphatic heterocycles. The molecule has 0 atom stereocenters. The molecule has 0 amide bonds. The molecule has 2 heteroatoms. The first-order valence-corrected chi connectivity index (χ1v) is 6.91. The van der Waals surface area contributed by atoms with E-state index in [-0.39, 0.29) is 0 Å². The Labute approximate surface area is 102 Å². The van der Waals surface area contributed by atoms with Crippen LogP contribution in [0.1, 0.15) is 18.4 Å². The minimum atomic E-state index is 0.800. The van der Waals surface area contributed by atoms with Crippen LogP contribution in [0.5, 0.6) is 0 Å². The summed E-state index contributed by atoms with van der Waals surface area (Å²) in [4.78, 5) is 0. The van der Waals surface area contributed by atoms with Crippen LogP contribution in [0.25, 0.3) is 6.08 Å². The lowest BCUT2D eigenvalue weighted by atomic mass is 10.2. The number of thioether (sulfide) groups is 1. The molecule has 16 heavy (non-hydrogen) atoms. The molecule has 0 bridgehead atoms. The van der Waals surface area contributed by atoms with Crippen molar-refractivity contribution in [3.63, 3.8) is 0 Å². The van der Waals surface area contributed by atoms with Crippen LogP contribution in [0.2, 0.25) is 0 Å². The zero-order valence-corrected chi connectivity index (χ0v) is 10.3. The number of rotatable bonds is 4. The first kappa shape index (κ1) is 11.7. The van der Waals surface area contributed by atoms with Gasteiger partial charge in [0, 0.05) is 24.2 Å². The molecular formula is C14H18OS. The molecule has 1 fully saturated rings. The summed E-state index contributed by atoms with van der Waals surface area (Å²) in [7, 11) is 0. The van der Waals surface area contributed by atoms with E-state index in [9.17, 15) is 0 Å². The average Bonchev–Trinajstić information content (AvgIpc) is 2.37. The van der Waals surface area contributed by atoms with Gasteiger partial charge in [0.1, 0.15) is 0 Å². The van der Waals surface area contributed by atoms with E-state index in [0.717, 1.165) is 24.2 Å². The van der Waals surface area contributed by atoms with Crippen LogP contribution in [-0.2, 0) is 4.74 Å². The summed E-state index contributed by atoms with van der Waals surface area (Å²) in [6.07, 6.45) is 6.88. The highest BCUT2D eigenvalue weighted by Gasteiger charge is 2.12. The van der Waals surface area contributed by atoms with Gasteiger partial charge in [0.25, 0.3) is 0 Å². The molecule has 1 aliphatic rings. The minimum Gasteiger partial charge on any atom is -0.381 e. The number of benzene rings is 1. The largest absolute Gasteiger partial charge is 0.381 e. The van der Waals surface area contributed by atoms with E-state index in [4.69, 9.17) is 4.74 Å². The zero-order valence-electron chi connectivity index (χ0n) is 9.47. The lowest BCUT2D eigenvalue weighted by Gasteiger charge is -2.20. The molecule has 0 N–H and O–H groups in total. The molecule has 2 rings (SSSR count). The Hall–Kier alpha value is -0.730. The monoisotopic (exact) mass is 234 g/mol. The van der Waals surface area contributed by atoms with Crippen LogP contribution in [0.4, 0.5) is 0 Å². The van der Waals surface area contributed by atoms with Crippen LogP contribution in [0.15, 0.2) is 36.4 Å². The van der Waals surface area contributed by atoms with E-state index in [1.807, 2.05) is 17.8 Å². The van der Waals surface area contributed by atoms with Crippen molar-refractivity contribution in [3.8, 4) is 0 Å². The van der Waals surface area contributed by atoms with Gasteiger partial charge in [-0.1, -0.05) is 42.5 Å². The summed E-state index contributed by atoms with van der Waals surface area (Å²) in [5.41, 5.74) is 1.29. The van der Waals surface area contributed by atoms with Gasteiger partial charge in [-0.3, -0.25) is 0 Å². The molecule has 1 aromatic carbocycles. The number of hydrogen-bond acceptors (Lipinski definition) is 2. The fourth-order valence-corrected chi connectivity index (χ4v) is 2.79. The lowest BCUT2D eigenvalue weighted by molar-refractivity contribution is 0.100. The van der Waals surface area contributed by atoms with Gasteiger partial charge in [-0.2, -0.15) is 11.8 Å². The molecule has 1 saturated heterocycles. The van der Waals surface area contributed by atoms with Gasteiger partial charge in [0.15, 0.2) is 0 Å². The molecule has 0 radical (unpaired) electrons. The molecule has 0 aliphatic carbocycles. The first-order valence-electron chi connectivity index (χ1n) is 5.86. The third-order valence-corrected chi connectivity index (χ3v) is 4.03. The van der Waals surface area contributed by atoms with Crippen molar-refractivity contribution in [3.05, 3.63) is 42.0 Å². The van der Waals surface area contributed by atoms with Crippen LogP contribution in [-0.4, -0.2) is 24.2 Å². The summed E-state index contributed by atoms with van der Waals surface area (Å²) in [5, 5.41) is 0.800. The van der Waals surface area contributed by atoms with Gasteiger partial charge < -0.3 is 4.74 Å². The van der Waals surface area contributed by atoms with E-state index >= 15 is 0 Å². The van der Waals surface area contributed by atoms with Crippen molar-refractivity contribution in [2.24, 2.45) is 0 Å². The minimum absolute atomic E-state index is 0.800. The summed E-state index contributed by atoms with van der Waals surface area (Å²) >= 11 is 2.05. The Kier molecular flexibility index (Phi) is 4.97.